The van der Waals surface area contributed by atoms with Crippen molar-refractivity contribution in [3.63, 3.8) is 0 Å². The number of aromatic nitrogens is 2. The first-order chi connectivity index (χ1) is 12.4. The molecule has 0 radical (unpaired) electrons. The molecule has 0 unspecified atom stereocenters. The number of hydrogen-bond acceptors (Lipinski definition) is 4. The Kier molecular flexibility index (Phi) is 5.18. The number of rotatable bonds is 5. The molecule has 0 bridgehead atoms. The summed E-state index contributed by atoms with van der Waals surface area (Å²) in [4.78, 5) is 24.1. The molecule has 1 N–H and O–H groups in total. The first-order valence-electron chi connectivity index (χ1n) is 7.81. The van der Waals surface area contributed by atoms with Gasteiger partial charge in [0.15, 0.2) is 0 Å². The summed E-state index contributed by atoms with van der Waals surface area (Å²) < 4.78 is 18.9. The summed E-state index contributed by atoms with van der Waals surface area (Å²) in [5.74, 6) is -1.59. The number of halogens is 2. The molecule has 26 heavy (non-hydrogen) atoms. The lowest BCUT2D eigenvalue weighted by Crippen LogP contribution is -2.33. The third-order valence-corrected chi connectivity index (χ3v) is 4.08. The molecule has 134 valence electrons. The van der Waals surface area contributed by atoms with Crippen LogP contribution in [0.25, 0.3) is 11.5 Å². The minimum Gasteiger partial charge on any atom is -0.388 e. The van der Waals surface area contributed by atoms with Crippen LogP contribution in [0.1, 0.15) is 18.5 Å². The van der Waals surface area contributed by atoms with E-state index >= 15 is 0 Å². The summed E-state index contributed by atoms with van der Waals surface area (Å²) in [5.41, 5.74) is 1.20. The van der Waals surface area contributed by atoms with Gasteiger partial charge in [-0.2, -0.15) is 4.68 Å². The van der Waals surface area contributed by atoms with E-state index in [2.05, 4.69) is 10.4 Å². The SMILES string of the molecule is C[C@H](NC(=O)Cn1nc(-c2ccc(F)cc2)oc1=O)c1ccccc1Cl. The number of carbonyl (C=O) groups excluding carboxylic acids is 1. The second-order valence-electron chi connectivity index (χ2n) is 5.65. The largest absolute Gasteiger partial charge is 0.437 e. The Hall–Kier alpha value is -2.93. The van der Waals surface area contributed by atoms with Gasteiger partial charge in [-0.3, -0.25) is 4.79 Å². The van der Waals surface area contributed by atoms with Crippen molar-refractivity contribution in [3.8, 4) is 11.5 Å². The minimum absolute atomic E-state index is 0.0157. The van der Waals surface area contributed by atoms with E-state index in [1.54, 1.807) is 19.1 Å². The second kappa shape index (κ2) is 7.53. The fraction of sp³-hybridized carbons (Fsp3) is 0.167. The Bertz CT molecular complexity index is 982. The minimum atomic E-state index is -0.773. The Balaban J connectivity index is 1.71. The molecule has 0 saturated carbocycles. The van der Waals surface area contributed by atoms with Crippen molar-refractivity contribution in [2.24, 2.45) is 0 Å². The quantitative estimate of drug-likeness (QED) is 0.743. The van der Waals surface area contributed by atoms with Gasteiger partial charge in [0.1, 0.15) is 12.4 Å². The summed E-state index contributed by atoms with van der Waals surface area (Å²) in [7, 11) is 0. The lowest BCUT2D eigenvalue weighted by atomic mass is 10.1. The van der Waals surface area contributed by atoms with Crippen LogP contribution in [0.3, 0.4) is 0 Å². The van der Waals surface area contributed by atoms with Crippen LogP contribution in [0.5, 0.6) is 0 Å². The van der Waals surface area contributed by atoms with E-state index in [1.165, 1.54) is 24.3 Å². The van der Waals surface area contributed by atoms with Crippen LogP contribution in [0, 0.1) is 5.82 Å². The fourth-order valence-corrected chi connectivity index (χ4v) is 2.74. The van der Waals surface area contributed by atoms with Crippen molar-refractivity contribution >= 4 is 17.5 Å². The van der Waals surface area contributed by atoms with E-state index in [0.29, 0.717) is 10.6 Å². The molecule has 6 nitrogen and oxygen atoms in total. The van der Waals surface area contributed by atoms with E-state index < -0.39 is 17.5 Å². The summed E-state index contributed by atoms with van der Waals surface area (Å²) in [6.07, 6.45) is 0. The molecule has 3 aromatic rings. The van der Waals surface area contributed by atoms with E-state index in [-0.39, 0.29) is 18.5 Å². The zero-order chi connectivity index (χ0) is 18.7. The van der Waals surface area contributed by atoms with Gasteiger partial charge in [0.2, 0.25) is 11.8 Å². The van der Waals surface area contributed by atoms with Gasteiger partial charge in [-0.1, -0.05) is 29.8 Å². The van der Waals surface area contributed by atoms with Gasteiger partial charge in [0.05, 0.1) is 6.04 Å². The third kappa shape index (κ3) is 4.00. The number of carbonyl (C=O) groups is 1. The highest BCUT2D eigenvalue weighted by Gasteiger charge is 2.16. The fourth-order valence-electron chi connectivity index (χ4n) is 2.44. The van der Waals surface area contributed by atoms with Crippen LogP contribution in [-0.2, 0) is 11.3 Å². The van der Waals surface area contributed by atoms with Crippen LogP contribution in [-0.4, -0.2) is 15.7 Å². The monoisotopic (exact) mass is 375 g/mol. The van der Waals surface area contributed by atoms with Gasteiger partial charge in [-0.25, -0.2) is 9.18 Å². The lowest BCUT2D eigenvalue weighted by molar-refractivity contribution is -0.122. The molecular weight excluding hydrogens is 361 g/mol. The molecule has 0 saturated heterocycles. The summed E-state index contributed by atoms with van der Waals surface area (Å²) in [6, 6.07) is 12.1. The number of amides is 1. The average molecular weight is 376 g/mol. The molecule has 0 fully saturated rings. The lowest BCUT2D eigenvalue weighted by Gasteiger charge is -2.15. The number of benzene rings is 2. The van der Waals surface area contributed by atoms with Gasteiger partial charge in [-0.05, 0) is 42.8 Å². The van der Waals surface area contributed by atoms with Crippen LogP contribution < -0.4 is 11.1 Å². The molecule has 2 aromatic carbocycles. The van der Waals surface area contributed by atoms with E-state index in [4.69, 9.17) is 16.0 Å². The van der Waals surface area contributed by atoms with Crippen LogP contribution in [0.4, 0.5) is 4.39 Å². The molecule has 8 heteroatoms. The Morgan fingerprint density at radius 3 is 2.65 bits per heavy atom. The second-order valence-corrected chi connectivity index (χ2v) is 6.06. The molecular formula is C18H15ClFN3O3. The van der Waals surface area contributed by atoms with Crippen molar-refractivity contribution in [1.82, 2.24) is 15.1 Å². The first-order valence-corrected chi connectivity index (χ1v) is 8.19. The topological polar surface area (TPSA) is 77.1 Å². The Morgan fingerprint density at radius 1 is 1.27 bits per heavy atom. The highest BCUT2D eigenvalue weighted by Crippen LogP contribution is 2.22. The summed E-state index contributed by atoms with van der Waals surface area (Å²) in [6.45, 7) is 1.48. The van der Waals surface area contributed by atoms with E-state index in [1.807, 2.05) is 12.1 Å². The smallest absolute Gasteiger partial charge is 0.388 e. The van der Waals surface area contributed by atoms with Crippen molar-refractivity contribution in [1.29, 1.82) is 0 Å². The highest BCUT2D eigenvalue weighted by molar-refractivity contribution is 6.31. The zero-order valence-corrected chi connectivity index (χ0v) is 14.5. The Labute approximate surface area is 153 Å². The molecule has 3 rings (SSSR count). The molecule has 1 aromatic heterocycles. The van der Waals surface area contributed by atoms with Gasteiger partial charge in [0.25, 0.3) is 0 Å². The maximum Gasteiger partial charge on any atom is 0.437 e. The Morgan fingerprint density at radius 2 is 1.96 bits per heavy atom. The molecule has 0 aliphatic heterocycles. The maximum atomic E-state index is 13.0. The highest BCUT2D eigenvalue weighted by atomic mass is 35.5. The van der Waals surface area contributed by atoms with Gasteiger partial charge in [0, 0.05) is 10.6 Å². The van der Waals surface area contributed by atoms with Crippen LogP contribution in [0.15, 0.2) is 57.7 Å². The molecule has 1 heterocycles. The average Bonchev–Trinajstić information content (AvgIpc) is 2.96. The van der Waals surface area contributed by atoms with Crippen LogP contribution >= 0.6 is 11.6 Å². The summed E-state index contributed by atoms with van der Waals surface area (Å²) >= 11 is 6.11. The van der Waals surface area contributed by atoms with Crippen molar-refractivity contribution < 1.29 is 13.6 Å². The molecule has 0 aliphatic rings. The first kappa shape index (κ1) is 17.9. The third-order valence-electron chi connectivity index (χ3n) is 3.74. The van der Waals surface area contributed by atoms with Crippen LogP contribution in [0.2, 0.25) is 5.02 Å². The van der Waals surface area contributed by atoms with Gasteiger partial charge < -0.3 is 9.73 Å². The van der Waals surface area contributed by atoms with Gasteiger partial charge >= 0.3 is 5.76 Å². The normalized spacial score (nSPS) is 12.0. The molecule has 0 spiro atoms. The maximum absolute atomic E-state index is 13.0. The standard InChI is InChI=1S/C18H15ClFN3O3/c1-11(14-4-2-3-5-15(14)19)21-16(24)10-23-18(25)26-17(22-23)12-6-8-13(20)9-7-12/h2-9,11H,10H2,1H3,(H,21,24)/t11-/m0/s1. The number of nitrogens with one attached hydrogen (secondary N) is 1. The predicted octanol–water partition coefficient (Wildman–Crippen LogP) is 3.17. The molecule has 0 aliphatic carbocycles. The van der Waals surface area contributed by atoms with E-state index in [9.17, 15) is 14.0 Å². The summed E-state index contributed by atoms with van der Waals surface area (Å²) in [5, 5.41) is 7.27. The van der Waals surface area contributed by atoms with E-state index in [0.717, 1.165) is 10.2 Å². The molecule has 1 amide bonds. The number of nitrogens with zero attached hydrogens (tertiary/aromatic N) is 2. The van der Waals surface area contributed by atoms with Crippen molar-refractivity contribution in [2.75, 3.05) is 0 Å². The van der Waals surface area contributed by atoms with Gasteiger partial charge in [-0.15, -0.1) is 5.10 Å². The molecule has 1 atom stereocenters. The van der Waals surface area contributed by atoms with Crippen molar-refractivity contribution in [3.05, 3.63) is 75.5 Å². The predicted molar refractivity (Wildman–Crippen MR) is 94.2 cm³/mol. The van der Waals surface area contributed by atoms with Crippen molar-refractivity contribution in [2.45, 2.75) is 19.5 Å². The number of hydrogen-bond donors (Lipinski definition) is 1. The zero-order valence-electron chi connectivity index (χ0n) is 13.8.